The predicted molar refractivity (Wildman–Crippen MR) is 65.1 cm³/mol. The number of nitrogens with two attached hydrogens (primary N) is 1. The lowest BCUT2D eigenvalue weighted by Gasteiger charge is -2.20. The summed E-state index contributed by atoms with van der Waals surface area (Å²) in [7, 11) is 0. The molecular weight excluding hydrogens is 236 g/mol. The molecule has 2 amide bonds. The third kappa shape index (κ3) is 2.91. The van der Waals surface area contributed by atoms with E-state index < -0.39 is 23.0 Å². The van der Waals surface area contributed by atoms with Gasteiger partial charge >= 0.3 is 0 Å². The Morgan fingerprint density at radius 1 is 1.33 bits per heavy atom. The number of amides is 2. The predicted octanol–water partition coefficient (Wildman–Crippen LogP) is 0.339. The number of para-hydroxylation sites is 1. The monoisotopic (exact) mass is 252 g/mol. The lowest BCUT2D eigenvalue weighted by Crippen LogP contribution is -2.42. The minimum atomic E-state index is -0.887. The van der Waals surface area contributed by atoms with Crippen LogP contribution in [-0.2, 0) is 4.79 Å². The van der Waals surface area contributed by atoms with Crippen LogP contribution < -0.4 is 11.1 Å². The van der Waals surface area contributed by atoms with Crippen LogP contribution in [0.3, 0.4) is 0 Å². The van der Waals surface area contributed by atoms with Gasteiger partial charge in [-0.3, -0.25) is 9.59 Å². The summed E-state index contributed by atoms with van der Waals surface area (Å²) in [6.45, 7) is 3.23. The summed E-state index contributed by atoms with van der Waals surface area (Å²) in [5.74, 6) is -2.00. The van der Waals surface area contributed by atoms with E-state index in [1.807, 2.05) is 0 Å². The molecule has 0 saturated carbocycles. The molecule has 6 nitrogen and oxygen atoms in total. The number of aromatic hydroxyl groups is 2. The van der Waals surface area contributed by atoms with Gasteiger partial charge in [-0.15, -0.1) is 0 Å². The molecule has 0 aromatic heterocycles. The molecule has 0 fully saturated rings. The molecule has 0 bridgehead atoms. The van der Waals surface area contributed by atoms with Crippen molar-refractivity contribution in [3.63, 3.8) is 0 Å². The van der Waals surface area contributed by atoms with Gasteiger partial charge in [-0.25, -0.2) is 0 Å². The van der Waals surface area contributed by atoms with Gasteiger partial charge in [0.2, 0.25) is 5.91 Å². The minimum Gasteiger partial charge on any atom is -0.504 e. The maximum absolute atomic E-state index is 11.8. The van der Waals surface area contributed by atoms with Crippen molar-refractivity contribution in [1.29, 1.82) is 0 Å². The number of phenols is 2. The zero-order valence-corrected chi connectivity index (χ0v) is 10.2. The smallest absolute Gasteiger partial charge is 0.255 e. The number of rotatable bonds is 4. The number of hydrogen-bond donors (Lipinski definition) is 4. The maximum atomic E-state index is 11.8. The fraction of sp³-hybridized carbons (Fsp3) is 0.333. The lowest BCUT2D eigenvalue weighted by atomic mass is 9.92. The molecule has 1 aromatic carbocycles. The average Bonchev–Trinajstić information content (AvgIpc) is 2.29. The van der Waals surface area contributed by atoms with Crippen LogP contribution in [0.25, 0.3) is 0 Å². The van der Waals surface area contributed by atoms with Crippen molar-refractivity contribution in [3.05, 3.63) is 23.8 Å². The minimum absolute atomic E-state index is 0.0380. The Bertz CT molecular complexity index is 483. The highest BCUT2D eigenvalue weighted by molar-refractivity contribution is 5.97. The standard InChI is InChI=1S/C12H16N2O4/c1-12(2,11(13)18)6-14-10(17)7-4-3-5-8(15)9(7)16/h3-5,15-16H,6H2,1-2H3,(H2,13,18)(H,14,17). The molecule has 0 saturated heterocycles. The first-order valence-electron chi connectivity index (χ1n) is 5.35. The molecule has 0 unspecified atom stereocenters. The van der Waals surface area contributed by atoms with Crippen molar-refractivity contribution in [2.45, 2.75) is 13.8 Å². The van der Waals surface area contributed by atoms with Crippen LogP contribution in [0.5, 0.6) is 11.5 Å². The zero-order chi connectivity index (χ0) is 13.9. The number of hydrogen-bond acceptors (Lipinski definition) is 4. The summed E-state index contributed by atoms with van der Waals surface area (Å²) in [5.41, 5.74) is 4.22. The second-order valence-corrected chi connectivity index (χ2v) is 4.60. The van der Waals surface area contributed by atoms with E-state index in [1.165, 1.54) is 18.2 Å². The highest BCUT2D eigenvalue weighted by Crippen LogP contribution is 2.28. The highest BCUT2D eigenvalue weighted by atomic mass is 16.3. The van der Waals surface area contributed by atoms with E-state index in [0.29, 0.717) is 0 Å². The first-order valence-corrected chi connectivity index (χ1v) is 5.35. The molecule has 0 spiro atoms. The molecular formula is C12H16N2O4. The summed E-state index contributed by atoms with van der Waals surface area (Å²) in [6, 6.07) is 4.06. The second-order valence-electron chi connectivity index (χ2n) is 4.60. The van der Waals surface area contributed by atoms with E-state index in [-0.39, 0.29) is 17.9 Å². The fourth-order valence-corrected chi connectivity index (χ4v) is 1.20. The molecule has 18 heavy (non-hydrogen) atoms. The number of nitrogens with one attached hydrogen (secondary N) is 1. The van der Waals surface area contributed by atoms with Gasteiger partial charge in [0, 0.05) is 6.54 Å². The largest absolute Gasteiger partial charge is 0.504 e. The number of primary amides is 1. The number of carbonyl (C=O) groups excluding carboxylic acids is 2. The van der Waals surface area contributed by atoms with Gasteiger partial charge in [0.15, 0.2) is 11.5 Å². The Balaban J connectivity index is 2.78. The lowest BCUT2D eigenvalue weighted by molar-refractivity contribution is -0.125. The molecule has 98 valence electrons. The van der Waals surface area contributed by atoms with Crippen LogP contribution in [0.15, 0.2) is 18.2 Å². The molecule has 0 aliphatic carbocycles. The van der Waals surface area contributed by atoms with Crippen molar-refractivity contribution in [2.24, 2.45) is 11.1 Å². The number of phenolic OH excluding ortho intramolecular Hbond substituents is 2. The van der Waals surface area contributed by atoms with Gasteiger partial charge in [-0.2, -0.15) is 0 Å². The molecule has 0 radical (unpaired) electrons. The van der Waals surface area contributed by atoms with E-state index in [1.54, 1.807) is 13.8 Å². The first kappa shape index (κ1) is 13.8. The second kappa shape index (κ2) is 4.95. The Morgan fingerprint density at radius 2 is 1.94 bits per heavy atom. The molecule has 1 aromatic rings. The van der Waals surface area contributed by atoms with Gasteiger partial charge in [-0.1, -0.05) is 6.07 Å². The van der Waals surface area contributed by atoms with Crippen LogP contribution in [0, 0.1) is 5.41 Å². The van der Waals surface area contributed by atoms with Crippen LogP contribution in [0.4, 0.5) is 0 Å². The fourth-order valence-electron chi connectivity index (χ4n) is 1.20. The van der Waals surface area contributed by atoms with Gasteiger partial charge in [0.25, 0.3) is 5.91 Å². The summed E-state index contributed by atoms with van der Waals surface area (Å²) in [6.07, 6.45) is 0. The van der Waals surface area contributed by atoms with Crippen molar-refractivity contribution < 1.29 is 19.8 Å². The van der Waals surface area contributed by atoms with Gasteiger partial charge < -0.3 is 21.3 Å². The molecule has 0 aliphatic rings. The van der Waals surface area contributed by atoms with Crippen molar-refractivity contribution in [1.82, 2.24) is 5.32 Å². The van der Waals surface area contributed by atoms with Crippen molar-refractivity contribution >= 4 is 11.8 Å². The molecule has 0 atom stereocenters. The first-order chi connectivity index (χ1) is 8.25. The maximum Gasteiger partial charge on any atom is 0.255 e. The summed E-state index contributed by atoms with van der Waals surface area (Å²) < 4.78 is 0. The van der Waals surface area contributed by atoms with Gasteiger partial charge in [0.05, 0.1) is 11.0 Å². The van der Waals surface area contributed by atoms with Crippen molar-refractivity contribution in [2.75, 3.05) is 6.54 Å². The van der Waals surface area contributed by atoms with Crippen LogP contribution in [-0.4, -0.2) is 28.6 Å². The molecule has 0 aliphatic heterocycles. The number of carbonyl (C=O) groups is 2. The average molecular weight is 252 g/mol. The molecule has 5 N–H and O–H groups in total. The SMILES string of the molecule is CC(C)(CNC(=O)c1cccc(O)c1O)C(N)=O. The van der Waals surface area contributed by atoms with E-state index >= 15 is 0 Å². The van der Waals surface area contributed by atoms with Crippen LogP contribution >= 0.6 is 0 Å². The van der Waals surface area contributed by atoms with E-state index in [0.717, 1.165) is 0 Å². The highest BCUT2D eigenvalue weighted by Gasteiger charge is 2.26. The normalized spacial score (nSPS) is 11.0. The van der Waals surface area contributed by atoms with Crippen LogP contribution in [0.1, 0.15) is 24.2 Å². The van der Waals surface area contributed by atoms with Crippen molar-refractivity contribution in [3.8, 4) is 11.5 Å². The van der Waals surface area contributed by atoms with E-state index in [4.69, 9.17) is 5.73 Å². The third-order valence-corrected chi connectivity index (χ3v) is 2.62. The van der Waals surface area contributed by atoms with Gasteiger partial charge in [-0.05, 0) is 26.0 Å². The van der Waals surface area contributed by atoms with Gasteiger partial charge in [0.1, 0.15) is 0 Å². The molecule has 6 heteroatoms. The quantitative estimate of drug-likeness (QED) is 0.579. The Morgan fingerprint density at radius 3 is 2.50 bits per heavy atom. The molecule has 0 heterocycles. The molecule has 1 rings (SSSR count). The van der Waals surface area contributed by atoms with Crippen LogP contribution in [0.2, 0.25) is 0 Å². The summed E-state index contributed by atoms with van der Waals surface area (Å²) >= 11 is 0. The Hall–Kier alpha value is -2.24. The number of benzene rings is 1. The zero-order valence-electron chi connectivity index (χ0n) is 10.2. The Labute approximate surface area is 104 Å². The van der Waals surface area contributed by atoms with E-state index in [2.05, 4.69) is 5.32 Å². The summed E-state index contributed by atoms with van der Waals surface area (Å²) in [5, 5.41) is 21.2. The Kier molecular flexibility index (Phi) is 3.80. The third-order valence-electron chi connectivity index (χ3n) is 2.62. The topological polar surface area (TPSA) is 113 Å². The van der Waals surface area contributed by atoms with E-state index in [9.17, 15) is 19.8 Å². The summed E-state index contributed by atoms with van der Waals surface area (Å²) in [4.78, 5) is 22.8.